The first-order valence-corrected chi connectivity index (χ1v) is 9.28. The molecular formula is C18H23N3O2S. The number of likely N-dealkylation sites (N-methyl/N-ethyl adjacent to an activating group) is 1. The van der Waals surface area contributed by atoms with E-state index in [1.807, 2.05) is 25.3 Å². The zero-order chi connectivity index (χ0) is 17.1. The van der Waals surface area contributed by atoms with E-state index in [9.17, 15) is 4.79 Å². The van der Waals surface area contributed by atoms with Crippen molar-refractivity contribution in [3.8, 4) is 0 Å². The highest BCUT2D eigenvalue weighted by Crippen LogP contribution is 2.25. The van der Waals surface area contributed by atoms with Gasteiger partial charge in [0.05, 0.1) is 0 Å². The number of carbonyl (C=O) groups is 1. The lowest BCUT2D eigenvalue weighted by molar-refractivity contribution is 0.0992. The standard InChI is InChI=1S/C18H23N3O2S/c1-13-12-14(21-10-8-20(2)9-11-21)4-5-15(13)19-18(22)16-6-7-17(23-16)24-3/h4-7,12H,8-11H2,1-3H3,(H,19,22). The number of nitrogens with one attached hydrogen (secondary N) is 1. The van der Waals surface area contributed by atoms with Crippen LogP contribution in [0.4, 0.5) is 11.4 Å². The van der Waals surface area contributed by atoms with Crippen molar-refractivity contribution in [2.45, 2.75) is 12.0 Å². The Labute approximate surface area is 147 Å². The maximum atomic E-state index is 12.3. The van der Waals surface area contributed by atoms with Gasteiger partial charge in [-0.3, -0.25) is 4.79 Å². The summed E-state index contributed by atoms with van der Waals surface area (Å²) in [5, 5.41) is 3.67. The number of anilines is 2. The Bertz CT molecular complexity index is 721. The molecule has 5 nitrogen and oxygen atoms in total. The average molecular weight is 345 g/mol. The fourth-order valence-electron chi connectivity index (χ4n) is 2.79. The lowest BCUT2D eigenvalue weighted by Crippen LogP contribution is -2.44. The molecule has 6 heteroatoms. The molecule has 0 spiro atoms. The van der Waals surface area contributed by atoms with Crippen molar-refractivity contribution >= 4 is 29.0 Å². The van der Waals surface area contributed by atoms with E-state index in [2.05, 4.69) is 34.3 Å². The number of nitrogens with zero attached hydrogens (tertiary/aromatic N) is 2. The van der Waals surface area contributed by atoms with E-state index in [-0.39, 0.29) is 5.91 Å². The summed E-state index contributed by atoms with van der Waals surface area (Å²) in [6.07, 6.45) is 1.92. The zero-order valence-corrected chi connectivity index (χ0v) is 15.2. The minimum absolute atomic E-state index is 0.217. The number of aryl methyl sites for hydroxylation is 1. The Balaban J connectivity index is 1.69. The predicted octanol–water partition coefficient (Wildman–Crippen LogP) is 3.31. The van der Waals surface area contributed by atoms with Crippen LogP contribution in [0.15, 0.2) is 39.8 Å². The molecule has 0 atom stereocenters. The molecule has 1 fully saturated rings. The molecule has 1 aliphatic heterocycles. The number of carbonyl (C=O) groups excluding carboxylic acids is 1. The van der Waals surface area contributed by atoms with Crippen LogP contribution >= 0.6 is 11.8 Å². The summed E-state index contributed by atoms with van der Waals surface area (Å²) in [7, 11) is 2.15. The van der Waals surface area contributed by atoms with Gasteiger partial charge in [0, 0.05) is 37.6 Å². The van der Waals surface area contributed by atoms with E-state index in [4.69, 9.17) is 4.42 Å². The van der Waals surface area contributed by atoms with Crippen LogP contribution in [-0.2, 0) is 0 Å². The third kappa shape index (κ3) is 3.76. The maximum absolute atomic E-state index is 12.3. The van der Waals surface area contributed by atoms with Gasteiger partial charge in [0.2, 0.25) is 0 Å². The zero-order valence-electron chi connectivity index (χ0n) is 14.3. The predicted molar refractivity (Wildman–Crippen MR) is 99.3 cm³/mol. The van der Waals surface area contributed by atoms with Crippen molar-refractivity contribution in [3.05, 3.63) is 41.7 Å². The highest BCUT2D eigenvalue weighted by atomic mass is 32.2. The van der Waals surface area contributed by atoms with Gasteiger partial charge < -0.3 is 19.5 Å². The summed E-state index contributed by atoms with van der Waals surface area (Å²) >= 11 is 1.48. The van der Waals surface area contributed by atoms with Gasteiger partial charge >= 0.3 is 0 Å². The Kier molecular flexibility index (Phi) is 5.16. The number of furan rings is 1. The van der Waals surface area contributed by atoms with Gasteiger partial charge in [-0.2, -0.15) is 0 Å². The summed E-state index contributed by atoms with van der Waals surface area (Å²) in [6.45, 7) is 6.24. The van der Waals surface area contributed by atoms with Crippen LogP contribution in [0.1, 0.15) is 16.1 Å². The minimum atomic E-state index is -0.217. The van der Waals surface area contributed by atoms with Crippen LogP contribution < -0.4 is 10.2 Å². The summed E-state index contributed by atoms with van der Waals surface area (Å²) in [6, 6.07) is 9.69. The van der Waals surface area contributed by atoms with Crippen molar-refractivity contribution in [2.24, 2.45) is 0 Å². The molecule has 2 aromatic rings. The highest BCUT2D eigenvalue weighted by Gasteiger charge is 2.16. The quantitative estimate of drug-likeness (QED) is 0.862. The molecule has 1 aliphatic rings. The van der Waals surface area contributed by atoms with Gasteiger partial charge in [-0.25, -0.2) is 0 Å². The van der Waals surface area contributed by atoms with Gasteiger partial charge in [0.1, 0.15) is 0 Å². The number of hydrogen-bond acceptors (Lipinski definition) is 5. The maximum Gasteiger partial charge on any atom is 0.291 e. The van der Waals surface area contributed by atoms with Crippen LogP contribution in [0, 0.1) is 6.92 Å². The van der Waals surface area contributed by atoms with E-state index in [0.717, 1.165) is 42.5 Å². The molecule has 3 rings (SSSR count). The molecule has 1 aromatic heterocycles. The summed E-state index contributed by atoms with van der Waals surface area (Å²) < 4.78 is 5.47. The first-order chi connectivity index (χ1) is 11.6. The van der Waals surface area contributed by atoms with Crippen LogP contribution in [0.3, 0.4) is 0 Å². The fraction of sp³-hybridized carbons (Fsp3) is 0.389. The SMILES string of the molecule is CSc1ccc(C(=O)Nc2ccc(N3CCN(C)CC3)cc2C)o1. The van der Waals surface area contributed by atoms with Gasteiger partial charge in [-0.1, -0.05) is 11.8 Å². The van der Waals surface area contributed by atoms with Gasteiger partial charge in [-0.15, -0.1) is 0 Å². The first-order valence-electron chi connectivity index (χ1n) is 8.06. The molecule has 24 heavy (non-hydrogen) atoms. The number of thioether (sulfide) groups is 1. The van der Waals surface area contributed by atoms with Crippen molar-refractivity contribution in [2.75, 3.05) is 49.7 Å². The normalized spacial score (nSPS) is 15.5. The van der Waals surface area contributed by atoms with Gasteiger partial charge in [0.25, 0.3) is 5.91 Å². The second-order valence-electron chi connectivity index (χ2n) is 6.07. The first kappa shape index (κ1) is 16.9. The average Bonchev–Trinajstić information content (AvgIpc) is 3.06. The number of rotatable bonds is 4. The van der Waals surface area contributed by atoms with Crippen molar-refractivity contribution in [1.29, 1.82) is 0 Å². The summed E-state index contributed by atoms with van der Waals surface area (Å²) in [4.78, 5) is 17.0. The van der Waals surface area contributed by atoms with Crippen LogP contribution in [0.5, 0.6) is 0 Å². The van der Waals surface area contributed by atoms with E-state index < -0.39 is 0 Å². The molecule has 0 unspecified atom stereocenters. The van der Waals surface area contributed by atoms with E-state index in [1.165, 1.54) is 17.4 Å². The van der Waals surface area contributed by atoms with Crippen molar-refractivity contribution < 1.29 is 9.21 Å². The smallest absolute Gasteiger partial charge is 0.291 e. The molecule has 0 aliphatic carbocycles. The Morgan fingerprint density at radius 3 is 2.54 bits per heavy atom. The molecule has 0 bridgehead atoms. The Morgan fingerprint density at radius 2 is 1.92 bits per heavy atom. The molecule has 1 aromatic carbocycles. The van der Waals surface area contributed by atoms with Gasteiger partial charge in [-0.05, 0) is 56.1 Å². The highest BCUT2D eigenvalue weighted by molar-refractivity contribution is 7.98. The molecule has 0 saturated carbocycles. The van der Waals surface area contributed by atoms with Crippen LogP contribution in [0.2, 0.25) is 0 Å². The number of hydrogen-bond donors (Lipinski definition) is 1. The number of piperazine rings is 1. The Hall–Kier alpha value is -1.92. The minimum Gasteiger partial charge on any atom is -0.445 e. The molecule has 1 saturated heterocycles. The molecule has 2 heterocycles. The largest absolute Gasteiger partial charge is 0.445 e. The Morgan fingerprint density at radius 1 is 1.17 bits per heavy atom. The monoisotopic (exact) mass is 345 g/mol. The van der Waals surface area contributed by atoms with E-state index >= 15 is 0 Å². The van der Waals surface area contributed by atoms with E-state index in [0.29, 0.717) is 5.76 Å². The summed E-state index contributed by atoms with van der Waals surface area (Å²) in [5.41, 5.74) is 3.08. The topological polar surface area (TPSA) is 48.7 Å². The lowest BCUT2D eigenvalue weighted by atomic mass is 10.1. The van der Waals surface area contributed by atoms with Crippen LogP contribution in [0.25, 0.3) is 0 Å². The van der Waals surface area contributed by atoms with Crippen molar-refractivity contribution in [3.63, 3.8) is 0 Å². The molecule has 1 amide bonds. The molecule has 128 valence electrons. The third-order valence-corrected chi connectivity index (χ3v) is 4.95. The third-order valence-electron chi connectivity index (χ3n) is 4.33. The molecule has 1 N–H and O–H groups in total. The molecule has 0 radical (unpaired) electrons. The number of benzene rings is 1. The van der Waals surface area contributed by atoms with Gasteiger partial charge in [0.15, 0.2) is 10.9 Å². The van der Waals surface area contributed by atoms with Crippen molar-refractivity contribution in [1.82, 2.24) is 4.90 Å². The second kappa shape index (κ2) is 7.32. The molecular weight excluding hydrogens is 322 g/mol. The van der Waals surface area contributed by atoms with Crippen LogP contribution in [-0.4, -0.2) is 50.3 Å². The second-order valence-corrected chi connectivity index (χ2v) is 6.88. The van der Waals surface area contributed by atoms with E-state index in [1.54, 1.807) is 6.07 Å². The summed E-state index contributed by atoms with van der Waals surface area (Å²) in [5.74, 6) is 0.118. The number of amides is 1. The lowest BCUT2D eigenvalue weighted by Gasteiger charge is -2.34. The fourth-order valence-corrected chi connectivity index (χ4v) is 3.16.